The van der Waals surface area contributed by atoms with E-state index in [0.717, 1.165) is 16.8 Å². The summed E-state index contributed by atoms with van der Waals surface area (Å²) in [5.41, 5.74) is 8.23. The molecule has 0 unspecified atom stereocenters. The summed E-state index contributed by atoms with van der Waals surface area (Å²) in [6, 6.07) is 14.7. The fourth-order valence-electron chi connectivity index (χ4n) is 1.79. The van der Waals surface area contributed by atoms with Gasteiger partial charge in [-0.15, -0.1) is 0 Å². The summed E-state index contributed by atoms with van der Waals surface area (Å²) in [5, 5.41) is 5.56. The number of hydrogen-bond donors (Lipinski definition) is 4. The molecule has 0 bridgehead atoms. The lowest BCUT2D eigenvalue weighted by molar-refractivity contribution is -0.136. The maximum atomic E-state index is 11.8. The van der Waals surface area contributed by atoms with Gasteiger partial charge in [-0.1, -0.05) is 35.4 Å². The van der Waals surface area contributed by atoms with Crippen LogP contribution in [0.4, 0.5) is 11.4 Å². The third kappa shape index (κ3) is 5.36. The Kier molecular flexibility index (Phi) is 5.86. The lowest BCUT2D eigenvalue weighted by Crippen LogP contribution is -2.48. The molecule has 2 aromatic carbocycles. The Labute approximate surface area is 145 Å². The Morgan fingerprint density at radius 3 is 1.67 bits per heavy atom. The molecule has 2 amide bonds. The van der Waals surface area contributed by atoms with Gasteiger partial charge in [0.2, 0.25) is 0 Å². The lowest BCUT2D eigenvalue weighted by atomic mass is 10.2. The third-order valence-corrected chi connectivity index (χ3v) is 3.32. The third-order valence-electron chi connectivity index (χ3n) is 3.11. The van der Waals surface area contributed by atoms with Crippen LogP contribution >= 0.6 is 12.2 Å². The van der Waals surface area contributed by atoms with Crippen LogP contribution in [0.15, 0.2) is 48.5 Å². The molecular formula is C17H18N4O2S. The highest BCUT2D eigenvalue weighted by Crippen LogP contribution is 2.09. The number of benzene rings is 2. The van der Waals surface area contributed by atoms with E-state index >= 15 is 0 Å². The van der Waals surface area contributed by atoms with Gasteiger partial charge in [-0.25, -0.2) is 0 Å². The molecule has 0 saturated carbocycles. The van der Waals surface area contributed by atoms with Gasteiger partial charge in [0.15, 0.2) is 5.11 Å². The van der Waals surface area contributed by atoms with Crippen LogP contribution in [-0.2, 0) is 9.59 Å². The van der Waals surface area contributed by atoms with Crippen LogP contribution in [0.3, 0.4) is 0 Å². The molecule has 0 aliphatic rings. The van der Waals surface area contributed by atoms with Crippen molar-refractivity contribution in [2.75, 3.05) is 10.6 Å². The summed E-state index contributed by atoms with van der Waals surface area (Å²) in [6.07, 6.45) is 0. The maximum absolute atomic E-state index is 11.8. The van der Waals surface area contributed by atoms with Crippen molar-refractivity contribution in [2.45, 2.75) is 13.8 Å². The zero-order valence-corrected chi connectivity index (χ0v) is 14.2. The molecule has 0 spiro atoms. The fraction of sp³-hybridized carbons (Fsp3) is 0.118. The molecule has 0 aliphatic carbocycles. The standard InChI is InChI=1S/C17H18N4O2S/c1-11-3-7-13(8-4-11)18-15(22)16(23)20-21-17(24)19-14-9-5-12(2)6-10-14/h3-10H,1-2H3,(H,18,22)(H,20,23)(H2,19,21,24). The van der Waals surface area contributed by atoms with Gasteiger partial charge in [0, 0.05) is 11.4 Å². The van der Waals surface area contributed by atoms with Crippen molar-refractivity contribution in [3.8, 4) is 0 Å². The second-order valence-corrected chi connectivity index (χ2v) is 5.63. The molecule has 0 aromatic heterocycles. The number of anilines is 2. The lowest BCUT2D eigenvalue weighted by Gasteiger charge is -2.11. The summed E-state index contributed by atoms with van der Waals surface area (Å²) in [4.78, 5) is 23.5. The molecule has 0 radical (unpaired) electrons. The van der Waals surface area contributed by atoms with Crippen LogP contribution in [0, 0.1) is 13.8 Å². The number of amides is 2. The van der Waals surface area contributed by atoms with E-state index in [4.69, 9.17) is 12.2 Å². The van der Waals surface area contributed by atoms with Crippen molar-refractivity contribution >= 4 is 40.5 Å². The minimum atomic E-state index is -0.844. The predicted molar refractivity (Wildman–Crippen MR) is 98.5 cm³/mol. The van der Waals surface area contributed by atoms with E-state index in [-0.39, 0.29) is 5.11 Å². The highest BCUT2D eigenvalue weighted by molar-refractivity contribution is 7.80. The molecule has 0 atom stereocenters. The van der Waals surface area contributed by atoms with E-state index < -0.39 is 11.8 Å². The Morgan fingerprint density at radius 2 is 1.17 bits per heavy atom. The SMILES string of the molecule is Cc1ccc(NC(=O)C(=O)NNC(=S)Nc2ccc(C)cc2)cc1. The number of carbonyl (C=O) groups is 2. The molecular weight excluding hydrogens is 324 g/mol. The number of nitrogens with one attached hydrogen (secondary N) is 4. The minimum absolute atomic E-state index is 0.176. The molecule has 0 fully saturated rings. The molecule has 7 heteroatoms. The number of hydrazine groups is 1. The van der Waals surface area contributed by atoms with E-state index in [1.165, 1.54) is 0 Å². The van der Waals surface area contributed by atoms with E-state index in [1.807, 2.05) is 50.2 Å². The summed E-state index contributed by atoms with van der Waals surface area (Å²) in [6.45, 7) is 3.91. The Bertz CT molecular complexity index is 742. The summed E-state index contributed by atoms with van der Waals surface area (Å²) in [5.74, 6) is -1.63. The molecule has 2 aromatic rings. The predicted octanol–water partition coefficient (Wildman–Crippen LogP) is 2.26. The first-order chi connectivity index (χ1) is 11.4. The topological polar surface area (TPSA) is 82.3 Å². The van der Waals surface area contributed by atoms with Crippen molar-refractivity contribution in [3.63, 3.8) is 0 Å². The highest BCUT2D eigenvalue weighted by Gasteiger charge is 2.13. The van der Waals surface area contributed by atoms with Crippen LogP contribution in [0.2, 0.25) is 0 Å². The maximum Gasteiger partial charge on any atom is 0.328 e. The smallest absolute Gasteiger partial charge is 0.328 e. The molecule has 2 rings (SSSR count). The van der Waals surface area contributed by atoms with E-state index in [2.05, 4.69) is 21.5 Å². The normalized spacial score (nSPS) is 9.75. The van der Waals surface area contributed by atoms with Gasteiger partial charge in [-0.3, -0.25) is 20.4 Å². The molecule has 6 nitrogen and oxygen atoms in total. The van der Waals surface area contributed by atoms with Gasteiger partial charge in [-0.2, -0.15) is 0 Å². The zero-order valence-electron chi connectivity index (χ0n) is 13.3. The van der Waals surface area contributed by atoms with Gasteiger partial charge in [-0.05, 0) is 50.3 Å². The summed E-state index contributed by atoms with van der Waals surface area (Å²) >= 11 is 5.05. The average Bonchev–Trinajstić information content (AvgIpc) is 2.57. The Balaban J connectivity index is 1.79. The van der Waals surface area contributed by atoms with Crippen LogP contribution < -0.4 is 21.5 Å². The second kappa shape index (κ2) is 8.07. The molecule has 0 heterocycles. The minimum Gasteiger partial charge on any atom is -0.331 e. The first-order valence-electron chi connectivity index (χ1n) is 7.26. The van der Waals surface area contributed by atoms with Crippen LogP contribution in [0.25, 0.3) is 0 Å². The van der Waals surface area contributed by atoms with E-state index in [0.29, 0.717) is 5.69 Å². The van der Waals surface area contributed by atoms with Crippen LogP contribution in [0.1, 0.15) is 11.1 Å². The number of hydrogen-bond acceptors (Lipinski definition) is 3. The van der Waals surface area contributed by atoms with Crippen molar-refractivity contribution in [1.82, 2.24) is 10.9 Å². The van der Waals surface area contributed by atoms with Gasteiger partial charge in [0.1, 0.15) is 0 Å². The number of thiocarbonyl (C=S) groups is 1. The van der Waals surface area contributed by atoms with Crippen molar-refractivity contribution < 1.29 is 9.59 Å². The molecule has 124 valence electrons. The zero-order chi connectivity index (χ0) is 17.5. The van der Waals surface area contributed by atoms with Gasteiger partial charge < -0.3 is 10.6 Å². The number of aryl methyl sites for hydroxylation is 2. The van der Waals surface area contributed by atoms with Crippen LogP contribution in [0.5, 0.6) is 0 Å². The molecule has 24 heavy (non-hydrogen) atoms. The second-order valence-electron chi connectivity index (χ2n) is 5.22. The summed E-state index contributed by atoms with van der Waals surface area (Å²) < 4.78 is 0. The quantitative estimate of drug-likeness (QED) is 0.382. The molecule has 0 aliphatic heterocycles. The monoisotopic (exact) mass is 342 g/mol. The van der Waals surface area contributed by atoms with Gasteiger partial charge in [0.05, 0.1) is 0 Å². The van der Waals surface area contributed by atoms with Crippen molar-refractivity contribution in [2.24, 2.45) is 0 Å². The number of rotatable bonds is 2. The number of carbonyl (C=O) groups excluding carboxylic acids is 2. The first kappa shape index (κ1) is 17.4. The average molecular weight is 342 g/mol. The molecule has 0 saturated heterocycles. The summed E-state index contributed by atoms with van der Waals surface area (Å²) in [7, 11) is 0. The van der Waals surface area contributed by atoms with Crippen molar-refractivity contribution in [1.29, 1.82) is 0 Å². The van der Waals surface area contributed by atoms with Crippen molar-refractivity contribution in [3.05, 3.63) is 59.7 Å². The first-order valence-corrected chi connectivity index (χ1v) is 7.66. The van der Waals surface area contributed by atoms with E-state index in [9.17, 15) is 9.59 Å². The van der Waals surface area contributed by atoms with Gasteiger partial charge in [0.25, 0.3) is 0 Å². The fourth-order valence-corrected chi connectivity index (χ4v) is 1.96. The Hall–Kier alpha value is -2.93. The Morgan fingerprint density at radius 1 is 0.708 bits per heavy atom. The molecule has 4 N–H and O–H groups in total. The highest BCUT2D eigenvalue weighted by atomic mass is 32.1. The van der Waals surface area contributed by atoms with Crippen LogP contribution in [-0.4, -0.2) is 16.9 Å². The van der Waals surface area contributed by atoms with Gasteiger partial charge >= 0.3 is 11.8 Å². The largest absolute Gasteiger partial charge is 0.331 e. The van der Waals surface area contributed by atoms with E-state index in [1.54, 1.807) is 12.1 Å².